The minimum atomic E-state index is -0.406. The van der Waals surface area contributed by atoms with Crippen molar-refractivity contribution in [3.63, 3.8) is 0 Å². The van der Waals surface area contributed by atoms with Crippen LogP contribution in [0, 0.1) is 11.7 Å². The van der Waals surface area contributed by atoms with Crippen LogP contribution in [0.15, 0.2) is 12.1 Å². The fraction of sp³-hybridized carbons (Fsp3) is 0.562. The van der Waals surface area contributed by atoms with E-state index in [1.807, 2.05) is 13.0 Å². The molecule has 2 rings (SSSR count). The van der Waals surface area contributed by atoms with Gasteiger partial charge in [0.05, 0.1) is 12.6 Å². The van der Waals surface area contributed by atoms with Crippen molar-refractivity contribution in [2.45, 2.75) is 45.7 Å². The molecular weight excluding hydrogens is 271 g/mol. The predicted molar refractivity (Wildman–Crippen MR) is 79.5 cm³/mol. The summed E-state index contributed by atoms with van der Waals surface area (Å²) in [5.41, 5.74) is 7.64. The molecule has 1 aliphatic heterocycles. The standard InChI is InChI=1S/C16H23FN2O2/c1-4-9(2)15(18)11-7-12-14(19-10(3)20)5-6-21-16(12)13(17)8-11/h7-9,14-15H,4-6,18H2,1-3H3,(H,19,20). The number of rotatable bonds is 4. The predicted octanol–water partition coefficient (Wildman–Crippen LogP) is 2.83. The highest BCUT2D eigenvalue weighted by Gasteiger charge is 2.27. The molecule has 116 valence electrons. The number of amides is 1. The number of halogens is 1. The van der Waals surface area contributed by atoms with Gasteiger partial charge in [-0.05, 0) is 23.6 Å². The zero-order valence-electron chi connectivity index (χ0n) is 12.8. The minimum Gasteiger partial charge on any atom is -0.490 e. The van der Waals surface area contributed by atoms with Gasteiger partial charge in [0, 0.05) is 24.9 Å². The fourth-order valence-electron chi connectivity index (χ4n) is 2.65. The highest BCUT2D eigenvalue weighted by Crippen LogP contribution is 2.37. The minimum absolute atomic E-state index is 0.134. The van der Waals surface area contributed by atoms with Crippen molar-refractivity contribution in [1.82, 2.24) is 5.32 Å². The van der Waals surface area contributed by atoms with Crippen LogP contribution < -0.4 is 15.8 Å². The van der Waals surface area contributed by atoms with E-state index in [0.29, 0.717) is 18.6 Å². The summed E-state index contributed by atoms with van der Waals surface area (Å²) in [7, 11) is 0. The maximum absolute atomic E-state index is 14.3. The lowest BCUT2D eigenvalue weighted by Crippen LogP contribution is -2.31. The van der Waals surface area contributed by atoms with Gasteiger partial charge in [-0.1, -0.05) is 20.3 Å². The molecule has 21 heavy (non-hydrogen) atoms. The summed E-state index contributed by atoms with van der Waals surface area (Å²) in [5.74, 6) is -0.0486. The van der Waals surface area contributed by atoms with Gasteiger partial charge >= 0.3 is 0 Å². The number of hydrogen-bond acceptors (Lipinski definition) is 3. The molecule has 0 radical (unpaired) electrons. The topological polar surface area (TPSA) is 64.3 Å². The molecule has 1 amide bonds. The number of ether oxygens (including phenoxy) is 1. The van der Waals surface area contributed by atoms with E-state index in [1.165, 1.54) is 13.0 Å². The third kappa shape index (κ3) is 3.35. The molecule has 1 aromatic carbocycles. The highest BCUT2D eigenvalue weighted by atomic mass is 19.1. The molecule has 3 N–H and O–H groups in total. The number of benzene rings is 1. The smallest absolute Gasteiger partial charge is 0.217 e. The van der Waals surface area contributed by atoms with E-state index < -0.39 is 5.82 Å². The lowest BCUT2D eigenvalue weighted by Gasteiger charge is -2.28. The van der Waals surface area contributed by atoms with Crippen LogP contribution >= 0.6 is 0 Å². The summed E-state index contributed by atoms with van der Waals surface area (Å²) in [6.45, 7) is 5.96. The maximum Gasteiger partial charge on any atom is 0.217 e. The average Bonchev–Trinajstić information content (AvgIpc) is 2.45. The van der Waals surface area contributed by atoms with Gasteiger partial charge in [0.2, 0.25) is 5.91 Å². The van der Waals surface area contributed by atoms with Crippen LogP contribution in [0.2, 0.25) is 0 Å². The summed E-state index contributed by atoms with van der Waals surface area (Å²) in [6.07, 6.45) is 1.56. The normalized spacial score (nSPS) is 20.1. The summed E-state index contributed by atoms with van der Waals surface area (Å²) in [5, 5.41) is 2.85. The second kappa shape index (κ2) is 6.43. The van der Waals surface area contributed by atoms with Gasteiger partial charge in [-0.3, -0.25) is 4.79 Å². The van der Waals surface area contributed by atoms with Gasteiger partial charge < -0.3 is 15.8 Å². The Labute approximate surface area is 124 Å². The third-order valence-electron chi connectivity index (χ3n) is 4.14. The van der Waals surface area contributed by atoms with Crippen LogP contribution in [0.25, 0.3) is 0 Å². The molecule has 1 aliphatic rings. The van der Waals surface area contributed by atoms with Crippen LogP contribution in [-0.2, 0) is 4.79 Å². The summed E-state index contributed by atoms with van der Waals surface area (Å²) in [4.78, 5) is 11.3. The Kier molecular flexibility index (Phi) is 4.83. The molecule has 1 aromatic rings. The molecule has 0 bridgehead atoms. The van der Waals surface area contributed by atoms with E-state index in [4.69, 9.17) is 10.5 Å². The number of nitrogens with one attached hydrogen (secondary N) is 1. The second-order valence-electron chi connectivity index (χ2n) is 5.72. The Bertz CT molecular complexity index is 533. The zero-order valence-corrected chi connectivity index (χ0v) is 12.8. The zero-order chi connectivity index (χ0) is 15.6. The first kappa shape index (κ1) is 15.8. The monoisotopic (exact) mass is 294 g/mol. The van der Waals surface area contributed by atoms with Crippen molar-refractivity contribution in [3.05, 3.63) is 29.1 Å². The molecule has 3 atom stereocenters. The molecule has 4 nitrogen and oxygen atoms in total. The van der Waals surface area contributed by atoms with Gasteiger partial charge in [0.25, 0.3) is 0 Å². The van der Waals surface area contributed by atoms with Crippen molar-refractivity contribution >= 4 is 5.91 Å². The summed E-state index contributed by atoms with van der Waals surface area (Å²) < 4.78 is 19.7. The first-order valence-corrected chi connectivity index (χ1v) is 7.42. The summed E-state index contributed by atoms with van der Waals surface area (Å²) >= 11 is 0. The van der Waals surface area contributed by atoms with Crippen LogP contribution in [0.3, 0.4) is 0 Å². The van der Waals surface area contributed by atoms with Crippen LogP contribution in [0.1, 0.15) is 56.8 Å². The summed E-state index contributed by atoms with van der Waals surface area (Å²) in [6, 6.07) is 2.88. The Balaban J connectivity index is 2.40. The van der Waals surface area contributed by atoms with Gasteiger partial charge in [-0.15, -0.1) is 0 Å². The highest BCUT2D eigenvalue weighted by molar-refractivity contribution is 5.73. The largest absolute Gasteiger partial charge is 0.490 e. The van der Waals surface area contributed by atoms with Crippen LogP contribution in [0.5, 0.6) is 5.75 Å². The number of carbonyl (C=O) groups is 1. The van der Waals surface area contributed by atoms with Gasteiger partial charge in [0.15, 0.2) is 11.6 Å². The average molecular weight is 294 g/mol. The fourth-order valence-corrected chi connectivity index (χ4v) is 2.65. The second-order valence-corrected chi connectivity index (χ2v) is 5.72. The Hall–Kier alpha value is -1.62. The first-order valence-electron chi connectivity index (χ1n) is 7.42. The van der Waals surface area contributed by atoms with Crippen molar-refractivity contribution < 1.29 is 13.9 Å². The molecule has 0 saturated carbocycles. The molecule has 0 spiro atoms. The quantitative estimate of drug-likeness (QED) is 0.897. The molecule has 0 saturated heterocycles. The molecule has 5 heteroatoms. The molecule has 0 aromatic heterocycles. The molecule has 0 aliphatic carbocycles. The van der Waals surface area contributed by atoms with E-state index >= 15 is 0 Å². The van der Waals surface area contributed by atoms with Crippen LogP contribution in [0.4, 0.5) is 4.39 Å². The number of nitrogens with two attached hydrogens (primary N) is 1. The van der Waals surface area contributed by atoms with E-state index in [-0.39, 0.29) is 29.7 Å². The van der Waals surface area contributed by atoms with Crippen molar-refractivity contribution in [2.75, 3.05) is 6.61 Å². The van der Waals surface area contributed by atoms with Crippen molar-refractivity contribution in [1.29, 1.82) is 0 Å². The molecular formula is C16H23FN2O2. The van der Waals surface area contributed by atoms with Gasteiger partial charge in [-0.2, -0.15) is 0 Å². The lowest BCUT2D eigenvalue weighted by molar-refractivity contribution is -0.119. The SMILES string of the molecule is CCC(C)C(N)c1cc(F)c2c(c1)C(NC(C)=O)CCO2. The Morgan fingerprint density at radius 1 is 1.57 bits per heavy atom. The van der Waals surface area contributed by atoms with E-state index in [1.54, 1.807) is 0 Å². The molecule has 1 heterocycles. The van der Waals surface area contributed by atoms with Gasteiger partial charge in [0.1, 0.15) is 0 Å². The third-order valence-corrected chi connectivity index (χ3v) is 4.14. The Morgan fingerprint density at radius 3 is 2.90 bits per heavy atom. The Morgan fingerprint density at radius 2 is 2.29 bits per heavy atom. The van der Waals surface area contributed by atoms with E-state index in [2.05, 4.69) is 12.2 Å². The van der Waals surface area contributed by atoms with Crippen LogP contribution in [-0.4, -0.2) is 12.5 Å². The number of fused-ring (bicyclic) bond motifs is 1. The van der Waals surface area contributed by atoms with Gasteiger partial charge in [-0.25, -0.2) is 4.39 Å². The lowest BCUT2D eigenvalue weighted by atomic mass is 9.89. The van der Waals surface area contributed by atoms with E-state index in [9.17, 15) is 9.18 Å². The maximum atomic E-state index is 14.3. The van der Waals surface area contributed by atoms with Crippen molar-refractivity contribution in [3.8, 4) is 5.75 Å². The molecule has 0 fully saturated rings. The number of hydrogen-bond donors (Lipinski definition) is 2. The van der Waals surface area contributed by atoms with E-state index in [0.717, 1.165) is 12.0 Å². The number of carbonyl (C=O) groups excluding carboxylic acids is 1. The van der Waals surface area contributed by atoms with Crippen molar-refractivity contribution in [2.24, 2.45) is 11.7 Å². The first-order chi connectivity index (χ1) is 9.93. The molecule has 3 unspecified atom stereocenters.